The Morgan fingerprint density at radius 1 is 1.12 bits per heavy atom. The molecule has 0 N–H and O–H groups in total. The molecule has 6 heteroatoms. The van der Waals surface area contributed by atoms with Crippen LogP contribution in [0.2, 0.25) is 5.02 Å². The third-order valence-electron chi connectivity index (χ3n) is 3.63. The van der Waals surface area contributed by atoms with Gasteiger partial charge in [-0.15, -0.1) is 0 Å². The molecule has 25 heavy (non-hydrogen) atoms. The van der Waals surface area contributed by atoms with Crippen LogP contribution >= 0.6 is 11.6 Å². The minimum absolute atomic E-state index is 0.199. The van der Waals surface area contributed by atoms with E-state index in [1.165, 1.54) is 0 Å². The lowest BCUT2D eigenvalue weighted by Crippen LogP contribution is -2.47. The molecule has 4 nitrogen and oxygen atoms in total. The molecule has 0 radical (unpaired) electrons. The zero-order valence-corrected chi connectivity index (χ0v) is 14.8. The predicted octanol–water partition coefficient (Wildman–Crippen LogP) is 3.79. The summed E-state index contributed by atoms with van der Waals surface area (Å²) in [6, 6.07) is 15.3. The average Bonchev–Trinajstić information content (AvgIpc) is 3.15. The van der Waals surface area contributed by atoms with Crippen LogP contribution in [0, 0.1) is 0 Å². The van der Waals surface area contributed by atoms with E-state index in [9.17, 15) is 4.79 Å². The second-order valence-electron chi connectivity index (χ2n) is 5.30. The second-order valence-corrected chi connectivity index (χ2v) is 6.13. The number of hydrogen-bond acceptors (Lipinski definition) is 4. The molecule has 0 fully saturated rings. The summed E-state index contributed by atoms with van der Waals surface area (Å²) in [5, 5.41) is 0.667. The van der Waals surface area contributed by atoms with Crippen molar-refractivity contribution in [3.8, 4) is 0 Å². The quantitative estimate of drug-likeness (QED) is 0.218. The van der Waals surface area contributed by atoms with Crippen LogP contribution in [0.3, 0.4) is 0 Å². The van der Waals surface area contributed by atoms with Gasteiger partial charge in [-0.05, 0) is 29.3 Å². The standard InChI is InChI=1S/C19H15ClN2O2S/c20-16-9-3-2-8-15(16)18(23)17(22-10-4-1-5-11-22)19(25)21-13-14-7-6-12-24-14/h1-12,17H,13H2/t17-/m0/s1. The smallest absolute Gasteiger partial charge is 0.237 e. The Morgan fingerprint density at radius 3 is 2.56 bits per heavy atom. The molecule has 1 atom stereocenters. The summed E-state index contributed by atoms with van der Waals surface area (Å²) >= 11 is 11.7. The first kappa shape index (κ1) is 17.3. The Bertz CT molecular complexity index is 879. The molecule has 0 aliphatic heterocycles. The highest BCUT2D eigenvalue weighted by molar-refractivity contribution is 7.77. The summed E-state index contributed by atoms with van der Waals surface area (Å²) in [5.74, 6) is 0.486. The Balaban J connectivity index is 1.97. The lowest BCUT2D eigenvalue weighted by atomic mass is 10.0. The Kier molecular flexibility index (Phi) is 5.58. The molecule has 0 saturated heterocycles. The summed E-state index contributed by atoms with van der Waals surface area (Å²) < 4.78 is 7.00. The largest absolute Gasteiger partial charge is 0.758 e. The molecule has 2 heterocycles. The number of aromatic nitrogens is 1. The van der Waals surface area contributed by atoms with Crippen molar-refractivity contribution in [1.82, 2.24) is 0 Å². The number of rotatable bonds is 6. The monoisotopic (exact) mass is 370 g/mol. The molecule has 3 aromatic rings. The molecule has 0 aliphatic carbocycles. The van der Waals surface area contributed by atoms with Crippen LogP contribution in [0.4, 0.5) is 0 Å². The van der Waals surface area contributed by atoms with Crippen molar-refractivity contribution < 1.29 is 13.8 Å². The first-order valence-corrected chi connectivity index (χ1v) is 8.43. The lowest BCUT2D eigenvalue weighted by Gasteiger charge is -2.18. The highest BCUT2D eigenvalue weighted by Crippen LogP contribution is 2.20. The number of nitrogens with zero attached hydrogens (tertiary/aromatic N) is 2. The van der Waals surface area contributed by atoms with Crippen LogP contribution in [-0.2, 0) is 19.2 Å². The number of Topliss-reactive ketones (excluding diaryl/α,β-unsaturated/α-hetero) is 1. The van der Waals surface area contributed by atoms with Gasteiger partial charge in [0.1, 0.15) is 5.76 Å². The summed E-state index contributed by atoms with van der Waals surface area (Å²) in [6.07, 6.45) is 5.15. The van der Waals surface area contributed by atoms with Gasteiger partial charge in [-0.1, -0.05) is 29.8 Å². The molecule has 0 amide bonds. The Hall–Kier alpha value is -2.50. The van der Waals surface area contributed by atoms with Crippen molar-refractivity contribution in [3.63, 3.8) is 0 Å². The summed E-state index contributed by atoms with van der Waals surface area (Å²) in [4.78, 5) is 17.5. The topological polar surface area (TPSA) is 46.5 Å². The van der Waals surface area contributed by atoms with Gasteiger partial charge in [0.25, 0.3) is 0 Å². The highest BCUT2D eigenvalue weighted by atomic mass is 35.5. The van der Waals surface area contributed by atoms with Gasteiger partial charge in [0.15, 0.2) is 12.4 Å². The van der Waals surface area contributed by atoms with Gasteiger partial charge in [0, 0.05) is 17.7 Å². The number of pyridine rings is 1. The fourth-order valence-corrected chi connectivity index (χ4v) is 2.93. The van der Waals surface area contributed by atoms with Gasteiger partial charge in [-0.2, -0.15) is 4.57 Å². The van der Waals surface area contributed by atoms with Crippen LogP contribution in [0.15, 0.2) is 82.7 Å². The molecule has 1 aromatic carbocycles. The zero-order valence-electron chi connectivity index (χ0n) is 13.2. The second kappa shape index (κ2) is 8.05. The van der Waals surface area contributed by atoms with Crippen molar-refractivity contribution in [2.45, 2.75) is 12.6 Å². The van der Waals surface area contributed by atoms with Crippen LogP contribution in [0.1, 0.15) is 22.2 Å². The Labute approximate surface area is 156 Å². The van der Waals surface area contributed by atoms with E-state index in [2.05, 4.69) is 4.99 Å². The van der Waals surface area contributed by atoms with Crippen LogP contribution in [0.25, 0.3) is 0 Å². The maximum atomic E-state index is 13.1. The first-order chi connectivity index (χ1) is 12.2. The SMILES string of the molecule is O=C(c1ccccc1Cl)[C@@H](C([S-])=NCc1ccco1)[n+]1ccccc1. The van der Waals surface area contributed by atoms with Gasteiger partial charge in [0.05, 0.1) is 17.8 Å². The molecule has 0 unspecified atom stereocenters. The molecule has 0 saturated carbocycles. The number of ketones is 1. The van der Waals surface area contributed by atoms with Gasteiger partial charge in [-0.3, -0.25) is 4.79 Å². The third-order valence-corrected chi connectivity index (χ3v) is 4.31. The van der Waals surface area contributed by atoms with Crippen molar-refractivity contribution in [2.24, 2.45) is 4.99 Å². The highest BCUT2D eigenvalue weighted by Gasteiger charge is 2.29. The van der Waals surface area contributed by atoms with E-state index in [1.807, 2.05) is 24.3 Å². The number of benzene rings is 1. The fourth-order valence-electron chi connectivity index (χ4n) is 2.41. The number of carbonyl (C=O) groups is 1. The number of carbonyl (C=O) groups excluding carboxylic acids is 1. The molecule has 2 aromatic heterocycles. The van der Waals surface area contributed by atoms with E-state index in [4.69, 9.17) is 28.6 Å². The molecule has 126 valence electrons. The minimum atomic E-state index is -0.744. The molecular weight excluding hydrogens is 356 g/mol. The van der Waals surface area contributed by atoms with E-state index < -0.39 is 6.04 Å². The lowest BCUT2D eigenvalue weighted by molar-refractivity contribution is -0.691. The number of hydrogen-bond donors (Lipinski definition) is 0. The average molecular weight is 371 g/mol. The van der Waals surface area contributed by atoms with Crippen molar-refractivity contribution >= 4 is 35.1 Å². The number of aliphatic imine (C=N–C) groups is 1. The molecule has 0 bridgehead atoms. The number of furan rings is 1. The van der Waals surface area contributed by atoms with E-state index in [1.54, 1.807) is 53.6 Å². The molecule has 0 spiro atoms. The summed E-state index contributed by atoms with van der Waals surface area (Å²) in [5.41, 5.74) is 0.418. The van der Waals surface area contributed by atoms with Crippen molar-refractivity contribution in [2.75, 3.05) is 0 Å². The van der Waals surface area contributed by atoms with E-state index in [0.29, 0.717) is 16.3 Å². The fraction of sp³-hybridized carbons (Fsp3) is 0.105. The van der Waals surface area contributed by atoms with Gasteiger partial charge >= 0.3 is 0 Å². The number of halogens is 1. The van der Waals surface area contributed by atoms with Gasteiger partial charge in [-0.25, -0.2) is 0 Å². The normalized spacial score (nSPS) is 12.8. The van der Waals surface area contributed by atoms with Crippen LogP contribution in [0.5, 0.6) is 0 Å². The predicted molar refractivity (Wildman–Crippen MR) is 98.7 cm³/mol. The Morgan fingerprint density at radius 2 is 1.88 bits per heavy atom. The van der Waals surface area contributed by atoms with Crippen LogP contribution in [-0.4, -0.2) is 10.8 Å². The maximum Gasteiger partial charge on any atom is 0.237 e. The van der Waals surface area contributed by atoms with Crippen molar-refractivity contribution in [3.05, 3.63) is 89.6 Å². The first-order valence-electron chi connectivity index (χ1n) is 7.65. The van der Waals surface area contributed by atoms with Crippen LogP contribution < -0.4 is 4.57 Å². The van der Waals surface area contributed by atoms with E-state index >= 15 is 0 Å². The maximum absolute atomic E-state index is 13.1. The molecule has 0 aliphatic rings. The zero-order chi connectivity index (χ0) is 17.6. The van der Waals surface area contributed by atoms with E-state index in [0.717, 1.165) is 0 Å². The molecular formula is C19H15ClN2O2S. The summed E-state index contributed by atoms with van der Waals surface area (Å²) in [7, 11) is 0. The summed E-state index contributed by atoms with van der Waals surface area (Å²) in [6.45, 7) is 0.283. The van der Waals surface area contributed by atoms with Crippen molar-refractivity contribution in [1.29, 1.82) is 0 Å². The van der Waals surface area contributed by atoms with E-state index in [-0.39, 0.29) is 17.4 Å². The third kappa shape index (κ3) is 4.13. The van der Waals surface area contributed by atoms with Gasteiger partial charge < -0.3 is 22.0 Å². The minimum Gasteiger partial charge on any atom is -0.758 e. The molecule has 3 rings (SSSR count). The van der Waals surface area contributed by atoms with Gasteiger partial charge in [0.2, 0.25) is 11.8 Å².